The molecule has 50 valence electrons. The van der Waals surface area contributed by atoms with E-state index < -0.39 is 0 Å². The van der Waals surface area contributed by atoms with Gasteiger partial charge in [0.2, 0.25) is 0 Å². The lowest BCUT2D eigenvalue weighted by atomic mass is 10.3. The average Bonchev–Trinajstić information content (AvgIpc) is 1.89. The van der Waals surface area contributed by atoms with Crippen molar-refractivity contribution in [1.29, 1.82) is 0 Å². The van der Waals surface area contributed by atoms with Crippen molar-refractivity contribution in [2.75, 3.05) is 18.1 Å². The number of pyridine rings is 1. The molecule has 0 atom stereocenters. The number of anilines is 2. The van der Waals surface area contributed by atoms with Crippen LogP contribution in [-0.2, 0) is 0 Å². The van der Waals surface area contributed by atoms with Gasteiger partial charge in [-0.2, -0.15) is 0 Å². The molecule has 0 amide bonds. The summed E-state index contributed by atoms with van der Waals surface area (Å²) in [6.45, 7) is 0. The van der Waals surface area contributed by atoms with Crippen LogP contribution >= 0.6 is 0 Å². The van der Waals surface area contributed by atoms with E-state index in [1.165, 1.54) is 0 Å². The third kappa shape index (κ3) is 1.10. The Morgan fingerprint density at radius 3 is 3.00 bits per heavy atom. The number of hydrogen-bond acceptors (Lipinski definition) is 3. The van der Waals surface area contributed by atoms with Gasteiger partial charge in [-0.25, -0.2) is 0 Å². The molecule has 0 bridgehead atoms. The quantitative estimate of drug-likeness (QED) is 0.587. The van der Waals surface area contributed by atoms with Gasteiger partial charge in [0.25, 0.3) is 0 Å². The number of nitrogens with zero attached hydrogens (tertiary/aromatic N) is 1. The molecule has 3 N–H and O–H groups in total. The Kier molecular flexibility index (Phi) is 1.53. The van der Waals surface area contributed by atoms with Crippen molar-refractivity contribution in [3.8, 4) is 0 Å². The third-order valence-electron chi connectivity index (χ3n) is 1.12. The minimum atomic E-state index is 0. The van der Waals surface area contributed by atoms with Crippen molar-refractivity contribution >= 4 is 11.4 Å². The molecule has 3 nitrogen and oxygen atoms in total. The van der Waals surface area contributed by atoms with E-state index in [1.54, 1.807) is 12.4 Å². The monoisotopic (exact) mass is 125 g/mol. The van der Waals surface area contributed by atoms with Crippen LogP contribution in [0.1, 0.15) is 1.43 Å². The highest BCUT2D eigenvalue weighted by atomic mass is 14.9. The summed E-state index contributed by atoms with van der Waals surface area (Å²) < 4.78 is 0. The number of hydrogen-bond donors (Lipinski definition) is 2. The van der Waals surface area contributed by atoms with Crippen LogP contribution < -0.4 is 11.1 Å². The maximum atomic E-state index is 5.51. The van der Waals surface area contributed by atoms with Crippen molar-refractivity contribution in [1.82, 2.24) is 4.98 Å². The largest absolute Gasteiger partial charge is 0.396 e. The Hall–Kier alpha value is -1.25. The molecule has 0 unspecified atom stereocenters. The summed E-state index contributed by atoms with van der Waals surface area (Å²) in [6.07, 6.45) is 3.31. The predicted molar refractivity (Wildman–Crippen MR) is 40.3 cm³/mol. The Balaban J connectivity index is 0.000000810. The summed E-state index contributed by atoms with van der Waals surface area (Å²) in [5.41, 5.74) is 7.11. The molecule has 0 aliphatic heterocycles. The summed E-state index contributed by atoms with van der Waals surface area (Å²) in [7, 11) is 1.83. The topological polar surface area (TPSA) is 50.9 Å². The Bertz CT molecular complexity index is 202. The molecule has 1 aromatic heterocycles. The first-order valence-corrected chi connectivity index (χ1v) is 2.72. The van der Waals surface area contributed by atoms with Gasteiger partial charge < -0.3 is 11.1 Å². The highest BCUT2D eigenvalue weighted by Gasteiger charge is 1.90. The van der Waals surface area contributed by atoms with E-state index in [4.69, 9.17) is 5.73 Å². The van der Waals surface area contributed by atoms with Crippen molar-refractivity contribution in [3.63, 3.8) is 0 Å². The lowest BCUT2D eigenvalue weighted by molar-refractivity contribution is 1.32. The second kappa shape index (κ2) is 2.35. The first-order chi connectivity index (χ1) is 4.34. The van der Waals surface area contributed by atoms with Crippen LogP contribution in [0.5, 0.6) is 0 Å². The smallest absolute Gasteiger partial charge is 0.0736 e. The molecule has 9 heavy (non-hydrogen) atoms. The maximum absolute atomic E-state index is 5.51. The van der Waals surface area contributed by atoms with E-state index in [0.717, 1.165) is 5.69 Å². The lowest BCUT2D eigenvalue weighted by Crippen LogP contribution is -1.94. The average molecular weight is 125 g/mol. The number of nitrogen functional groups attached to an aromatic ring is 1. The standard InChI is InChI=1S/C6H9N3.H2/c1-8-6-2-3-9-4-5(6)7;/h2-4H,7H2,1H3,(H,8,9);1H. The van der Waals surface area contributed by atoms with Crippen molar-refractivity contribution in [2.24, 2.45) is 0 Å². The van der Waals surface area contributed by atoms with E-state index >= 15 is 0 Å². The molecule has 1 aromatic rings. The zero-order valence-electron chi connectivity index (χ0n) is 5.26. The van der Waals surface area contributed by atoms with Crippen LogP contribution in [-0.4, -0.2) is 12.0 Å². The normalized spacial score (nSPS) is 9.00. The number of aromatic nitrogens is 1. The zero-order valence-corrected chi connectivity index (χ0v) is 5.26. The molecule has 0 aromatic carbocycles. The van der Waals surface area contributed by atoms with Crippen LogP contribution in [0.25, 0.3) is 0 Å². The second-order valence-electron chi connectivity index (χ2n) is 1.71. The van der Waals surface area contributed by atoms with E-state index in [2.05, 4.69) is 10.3 Å². The van der Waals surface area contributed by atoms with Crippen molar-refractivity contribution in [2.45, 2.75) is 0 Å². The first-order valence-electron chi connectivity index (χ1n) is 2.72. The molecule has 0 fully saturated rings. The molecule has 3 heteroatoms. The fraction of sp³-hybridized carbons (Fsp3) is 0.167. The Morgan fingerprint density at radius 2 is 2.56 bits per heavy atom. The minimum Gasteiger partial charge on any atom is -0.396 e. The fourth-order valence-electron chi connectivity index (χ4n) is 0.634. The fourth-order valence-corrected chi connectivity index (χ4v) is 0.634. The van der Waals surface area contributed by atoms with Gasteiger partial charge in [-0.05, 0) is 6.07 Å². The molecular formula is C6H11N3. The van der Waals surface area contributed by atoms with Gasteiger partial charge in [-0.1, -0.05) is 0 Å². The molecule has 0 saturated heterocycles. The van der Waals surface area contributed by atoms with Crippen LogP contribution in [0, 0.1) is 0 Å². The minimum absolute atomic E-state index is 0. The first kappa shape index (κ1) is 5.88. The molecule has 0 spiro atoms. The molecule has 1 heterocycles. The van der Waals surface area contributed by atoms with Crippen molar-refractivity contribution in [3.05, 3.63) is 18.5 Å². The van der Waals surface area contributed by atoms with Crippen LogP contribution in [0.15, 0.2) is 18.5 Å². The highest BCUT2D eigenvalue weighted by Crippen LogP contribution is 2.12. The summed E-state index contributed by atoms with van der Waals surface area (Å²) in [5.74, 6) is 0. The van der Waals surface area contributed by atoms with E-state index in [0.29, 0.717) is 5.69 Å². The van der Waals surface area contributed by atoms with Crippen LogP contribution in [0.4, 0.5) is 11.4 Å². The molecule has 0 saturated carbocycles. The van der Waals surface area contributed by atoms with E-state index in [-0.39, 0.29) is 1.43 Å². The number of nitrogens with two attached hydrogens (primary N) is 1. The van der Waals surface area contributed by atoms with E-state index in [9.17, 15) is 0 Å². The summed E-state index contributed by atoms with van der Waals surface area (Å²) in [6, 6.07) is 1.83. The summed E-state index contributed by atoms with van der Waals surface area (Å²) in [4.78, 5) is 3.83. The Labute approximate surface area is 55.4 Å². The zero-order chi connectivity index (χ0) is 6.69. The summed E-state index contributed by atoms with van der Waals surface area (Å²) >= 11 is 0. The van der Waals surface area contributed by atoms with E-state index in [1.807, 2.05) is 13.1 Å². The second-order valence-corrected chi connectivity index (χ2v) is 1.71. The molecule has 1 rings (SSSR count). The van der Waals surface area contributed by atoms with Crippen LogP contribution in [0.2, 0.25) is 0 Å². The van der Waals surface area contributed by atoms with Crippen molar-refractivity contribution < 1.29 is 1.43 Å². The number of rotatable bonds is 1. The van der Waals surface area contributed by atoms with Crippen LogP contribution in [0.3, 0.4) is 0 Å². The molecular weight excluding hydrogens is 114 g/mol. The summed E-state index contributed by atoms with van der Waals surface area (Å²) in [5, 5.41) is 2.93. The highest BCUT2D eigenvalue weighted by molar-refractivity contribution is 5.63. The molecule has 0 aliphatic rings. The van der Waals surface area contributed by atoms with Gasteiger partial charge in [-0.3, -0.25) is 4.98 Å². The molecule has 0 aliphatic carbocycles. The van der Waals surface area contributed by atoms with Gasteiger partial charge >= 0.3 is 0 Å². The van der Waals surface area contributed by atoms with Gasteiger partial charge in [0.15, 0.2) is 0 Å². The Morgan fingerprint density at radius 1 is 1.78 bits per heavy atom. The molecule has 0 radical (unpaired) electrons. The van der Waals surface area contributed by atoms with Gasteiger partial charge in [0, 0.05) is 14.7 Å². The van der Waals surface area contributed by atoms with Gasteiger partial charge in [0.1, 0.15) is 0 Å². The number of nitrogens with one attached hydrogen (secondary N) is 1. The lowest BCUT2D eigenvalue weighted by Gasteiger charge is -2.00. The maximum Gasteiger partial charge on any atom is 0.0736 e. The van der Waals surface area contributed by atoms with Gasteiger partial charge in [0.05, 0.1) is 17.6 Å². The SMILES string of the molecule is CNc1ccncc1N.[HH]. The third-order valence-corrected chi connectivity index (χ3v) is 1.12. The van der Waals surface area contributed by atoms with Gasteiger partial charge in [-0.15, -0.1) is 0 Å². The predicted octanol–water partition coefficient (Wildman–Crippen LogP) is 0.952.